The van der Waals surface area contributed by atoms with Gasteiger partial charge in [-0.1, -0.05) is 5.16 Å². The van der Waals surface area contributed by atoms with E-state index >= 15 is 0 Å². The third-order valence-corrected chi connectivity index (χ3v) is 1.88. The lowest BCUT2D eigenvalue weighted by Crippen LogP contribution is -1.78. The van der Waals surface area contributed by atoms with Crippen molar-refractivity contribution in [2.45, 2.75) is 6.92 Å². The molecule has 0 N–H and O–H groups in total. The van der Waals surface area contributed by atoms with Crippen molar-refractivity contribution < 1.29 is 4.52 Å². The van der Waals surface area contributed by atoms with Crippen LogP contribution in [0.25, 0.3) is 31.9 Å². The zero-order chi connectivity index (χ0) is 11.5. The van der Waals surface area contributed by atoms with Crippen LogP contribution in [0.5, 0.6) is 0 Å². The Morgan fingerprint density at radius 1 is 1.31 bits per heavy atom. The van der Waals surface area contributed by atoms with Gasteiger partial charge < -0.3 is 4.52 Å². The Morgan fingerprint density at radius 3 is 2.75 bits per heavy atom. The van der Waals surface area contributed by atoms with E-state index in [0.717, 1.165) is 0 Å². The largest absolute Gasteiger partial charge is 0.356 e. The maximum Gasteiger partial charge on any atom is 0.171 e. The molecule has 0 unspecified atom stereocenters. The highest BCUT2D eigenvalue weighted by Gasteiger charge is 2.11. The number of rotatable bonds is 2. The molecule has 2 heterocycles. The van der Waals surface area contributed by atoms with Crippen molar-refractivity contribution in [3.05, 3.63) is 32.6 Å². The van der Waals surface area contributed by atoms with E-state index in [4.69, 9.17) is 15.6 Å². The Balaban J connectivity index is 2.85. The minimum Gasteiger partial charge on any atom is -0.356 e. The molecular weight excluding hydrogens is 212 g/mol. The zero-order valence-electron chi connectivity index (χ0n) is 8.06. The van der Waals surface area contributed by atoms with Gasteiger partial charge in [-0.3, -0.25) is 0 Å². The van der Waals surface area contributed by atoms with Crippen molar-refractivity contribution in [1.82, 2.24) is 10.1 Å². The molecular formula is C7H4N8O. The number of hydrogen-bond acceptors (Lipinski definition) is 5. The SMILES string of the molecule is Cc1noc2cc(N=[N+]=[N-])nc(N=[N+]=[N-])c12. The van der Waals surface area contributed by atoms with Crippen LogP contribution >= 0.6 is 0 Å². The number of fused-ring (bicyclic) bond motifs is 1. The molecule has 78 valence electrons. The number of hydrogen-bond donors (Lipinski definition) is 0. The second-order valence-electron chi connectivity index (χ2n) is 2.82. The molecule has 9 heteroatoms. The summed E-state index contributed by atoms with van der Waals surface area (Å²) in [5, 5.41) is 10.9. The van der Waals surface area contributed by atoms with Gasteiger partial charge in [-0.25, -0.2) is 4.98 Å². The van der Waals surface area contributed by atoms with E-state index < -0.39 is 0 Å². The summed E-state index contributed by atoms with van der Waals surface area (Å²) < 4.78 is 4.97. The summed E-state index contributed by atoms with van der Waals surface area (Å²) in [6.45, 7) is 1.69. The molecule has 0 amide bonds. The summed E-state index contributed by atoms with van der Waals surface area (Å²) in [7, 11) is 0. The monoisotopic (exact) mass is 216 g/mol. The third kappa shape index (κ3) is 1.48. The first-order valence-electron chi connectivity index (χ1n) is 4.13. The molecule has 2 aromatic rings. The number of nitrogens with zero attached hydrogens (tertiary/aromatic N) is 8. The van der Waals surface area contributed by atoms with Crippen molar-refractivity contribution in [3.63, 3.8) is 0 Å². The highest BCUT2D eigenvalue weighted by atomic mass is 16.5. The Bertz CT molecular complexity index is 646. The zero-order valence-corrected chi connectivity index (χ0v) is 8.06. The molecule has 0 spiro atoms. The predicted molar refractivity (Wildman–Crippen MR) is 54.2 cm³/mol. The minimum atomic E-state index is 0.0635. The van der Waals surface area contributed by atoms with Gasteiger partial charge in [0.2, 0.25) is 0 Å². The van der Waals surface area contributed by atoms with E-state index in [1.807, 2.05) is 0 Å². The van der Waals surface area contributed by atoms with Crippen LogP contribution in [0.4, 0.5) is 11.6 Å². The second kappa shape index (κ2) is 3.77. The van der Waals surface area contributed by atoms with Crippen LogP contribution in [0.15, 0.2) is 20.8 Å². The molecule has 0 atom stereocenters. The van der Waals surface area contributed by atoms with Crippen molar-refractivity contribution in [3.8, 4) is 0 Å². The molecule has 2 aromatic heterocycles. The van der Waals surface area contributed by atoms with Crippen molar-refractivity contribution in [1.29, 1.82) is 0 Å². The Labute approximate surface area is 87.9 Å². The van der Waals surface area contributed by atoms with Crippen LogP contribution in [0, 0.1) is 6.92 Å². The molecule has 9 nitrogen and oxygen atoms in total. The van der Waals surface area contributed by atoms with Gasteiger partial charge >= 0.3 is 0 Å². The normalized spacial score (nSPS) is 9.56. The van der Waals surface area contributed by atoms with E-state index in [0.29, 0.717) is 16.7 Å². The fourth-order valence-corrected chi connectivity index (χ4v) is 1.28. The fraction of sp³-hybridized carbons (Fsp3) is 0.143. The van der Waals surface area contributed by atoms with Crippen LogP contribution in [-0.4, -0.2) is 10.1 Å². The molecule has 0 radical (unpaired) electrons. The van der Waals surface area contributed by atoms with E-state index in [2.05, 4.69) is 30.2 Å². The summed E-state index contributed by atoms with van der Waals surface area (Å²) >= 11 is 0. The molecule has 0 aliphatic carbocycles. The first-order valence-corrected chi connectivity index (χ1v) is 4.13. The van der Waals surface area contributed by atoms with E-state index in [1.165, 1.54) is 6.07 Å². The second-order valence-corrected chi connectivity index (χ2v) is 2.82. The van der Waals surface area contributed by atoms with E-state index in [-0.39, 0.29) is 11.6 Å². The lowest BCUT2D eigenvalue weighted by Gasteiger charge is -1.95. The maximum absolute atomic E-state index is 8.39. The molecule has 16 heavy (non-hydrogen) atoms. The van der Waals surface area contributed by atoms with Crippen molar-refractivity contribution >= 4 is 22.6 Å². The van der Waals surface area contributed by atoms with E-state index in [9.17, 15) is 0 Å². The molecule has 0 fully saturated rings. The highest BCUT2D eigenvalue weighted by Crippen LogP contribution is 2.30. The van der Waals surface area contributed by atoms with E-state index in [1.54, 1.807) is 6.92 Å². The van der Waals surface area contributed by atoms with Gasteiger partial charge in [0.25, 0.3) is 0 Å². The number of azide groups is 2. The Hall–Kier alpha value is -2.76. The van der Waals surface area contributed by atoms with Crippen molar-refractivity contribution in [2.75, 3.05) is 0 Å². The smallest absolute Gasteiger partial charge is 0.171 e. The summed E-state index contributed by atoms with van der Waals surface area (Å²) in [6.07, 6.45) is 0. The van der Waals surface area contributed by atoms with Gasteiger partial charge in [-0.2, -0.15) is 0 Å². The highest BCUT2D eigenvalue weighted by molar-refractivity contribution is 5.90. The number of aromatic nitrogens is 2. The standard InChI is InChI=1S/C7H4N8O/c1-3-6-4(16-13-3)2-5(11-14-8)10-7(6)12-15-9/h2H,1H3. The van der Waals surface area contributed by atoms with Gasteiger partial charge in [0.1, 0.15) is 11.6 Å². The summed E-state index contributed by atoms with van der Waals surface area (Å²) in [4.78, 5) is 9.10. The Morgan fingerprint density at radius 2 is 2.06 bits per heavy atom. The Kier molecular flexibility index (Phi) is 2.31. The topological polar surface area (TPSA) is 136 Å². The van der Waals surface area contributed by atoms with Gasteiger partial charge in [0, 0.05) is 15.9 Å². The molecule has 0 saturated heterocycles. The van der Waals surface area contributed by atoms with Crippen LogP contribution in [0.1, 0.15) is 5.69 Å². The quantitative estimate of drug-likeness (QED) is 0.431. The molecule has 0 aliphatic heterocycles. The molecule has 2 rings (SSSR count). The third-order valence-electron chi connectivity index (χ3n) is 1.88. The molecule has 0 bridgehead atoms. The summed E-state index contributed by atoms with van der Waals surface area (Å²) in [5.74, 6) is 0.148. The number of pyridine rings is 1. The lowest BCUT2D eigenvalue weighted by molar-refractivity contribution is 0.450. The molecule has 0 saturated carbocycles. The average Bonchev–Trinajstić information content (AvgIpc) is 2.61. The molecule has 0 aliphatic rings. The summed E-state index contributed by atoms with van der Waals surface area (Å²) in [5.41, 5.74) is 17.6. The van der Waals surface area contributed by atoms with Crippen LogP contribution in [0.3, 0.4) is 0 Å². The van der Waals surface area contributed by atoms with Gasteiger partial charge in [-0.05, 0) is 28.2 Å². The first kappa shape index (κ1) is 9.78. The summed E-state index contributed by atoms with van der Waals surface area (Å²) in [6, 6.07) is 1.42. The van der Waals surface area contributed by atoms with Gasteiger partial charge in [0.05, 0.1) is 11.1 Å². The van der Waals surface area contributed by atoms with Crippen LogP contribution in [0.2, 0.25) is 0 Å². The average molecular weight is 216 g/mol. The van der Waals surface area contributed by atoms with Crippen LogP contribution in [-0.2, 0) is 0 Å². The maximum atomic E-state index is 8.39. The van der Waals surface area contributed by atoms with Crippen LogP contribution < -0.4 is 0 Å². The molecule has 0 aromatic carbocycles. The first-order chi connectivity index (χ1) is 7.76. The van der Waals surface area contributed by atoms with Crippen molar-refractivity contribution in [2.24, 2.45) is 10.2 Å². The minimum absolute atomic E-state index is 0.0635. The fourth-order valence-electron chi connectivity index (χ4n) is 1.28. The van der Waals surface area contributed by atoms with Gasteiger partial charge in [0.15, 0.2) is 5.58 Å². The lowest BCUT2D eigenvalue weighted by atomic mass is 10.2. The predicted octanol–water partition coefficient (Wildman–Crippen LogP) is 3.41. The number of aryl methyl sites for hydroxylation is 1. The van der Waals surface area contributed by atoms with Gasteiger partial charge in [-0.15, -0.1) is 0 Å².